The van der Waals surface area contributed by atoms with Crippen LogP contribution in [0.15, 0.2) is 30.3 Å². The molecular formula is C15H22N2O2. The minimum absolute atomic E-state index is 0.246. The molecule has 1 aromatic rings. The maximum atomic E-state index is 11.6. The average Bonchev–Trinajstić information content (AvgIpc) is 2.69. The van der Waals surface area contributed by atoms with Gasteiger partial charge in [-0.05, 0) is 23.9 Å². The third-order valence-electron chi connectivity index (χ3n) is 3.90. The molecule has 0 aliphatic carbocycles. The van der Waals surface area contributed by atoms with Crippen LogP contribution >= 0.6 is 0 Å². The highest BCUT2D eigenvalue weighted by Crippen LogP contribution is 2.31. The molecule has 0 bridgehead atoms. The zero-order valence-electron chi connectivity index (χ0n) is 11.6. The molecule has 0 aromatic heterocycles. The Kier molecular flexibility index (Phi) is 3.65. The summed E-state index contributed by atoms with van der Waals surface area (Å²) < 4.78 is 0. The molecular weight excluding hydrogens is 240 g/mol. The summed E-state index contributed by atoms with van der Waals surface area (Å²) in [6, 6.07) is 9.09. The van der Waals surface area contributed by atoms with E-state index in [1.165, 1.54) is 0 Å². The molecule has 4 heteroatoms. The molecule has 1 atom stereocenters. The zero-order chi connectivity index (χ0) is 14.1. The van der Waals surface area contributed by atoms with Crippen molar-refractivity contribution in [1.82, 2.24) is 4.90 Å². The van der Waals surface area contributed by atoms with Gasteiger partial charge in [-0.2, -0.15) is 0 Å². The van der Waals surface area contributed by atoms with Gasteiger partial charge in [-0.1, -0.05) is 44.2 Å². The quantitative estimate of drug-likeness (QED) is 0.866. The molecule has 1 heterocycles. The van der Waals surface area contributed by atoms with E-state index < -0.39 is 11.5 Å². The predicted octanol–water partition coefficient (Wildman–Crippen LogP) is 1.66. The summed E-state index contributed by atoms with van der Waals surface area (Å²) in [5.41, 5.74) is 5.76. The maximum absolute atomic E-state index is 11.6. The first-order valence-electron chi connectivity index (χ1n) is 6.64. The molecule has 0 spiro atoms. The highest BCUT2D eigenvalue weighted by molar-refractivity contribution is 5.80. The summed E-state index contributed by atoms with van der Waals surface area (Å²) in [6.07, 6.45) is 1.08. The van der Waals surface area contributed by atoms with Crippen molar-refractivity contribution in [2.45, 2.75) is 25.8 Å². The standard InChI is InChI=1S/C15H22N2O2/c1-14(2)8-9-17(10-14)11-15(16,13(18)19)12-6-4-3-5-7-12/h3-7H,8-11,16H2,1-2H3,(H,18,19). The lowest BCUT2D eigenvalue weighted by molar-refractivity contribution is -0.144. The topological polar surface area (TPSA) is 66.6 Å². The van der Waals surface area contributed by atoms with Crippen molar-refractivity contribution in [2.24, 2.45) is 11.1 Å². The molecule has 4 nitrogen and oxygen atoms in total. The molecule has 1 saturated heterocycles. The van der Waals surface area contributed by atoms with Gasteiger partial charge in [0.1, 0.15) is 0 Å². The Morgan fingerprint density at radius 1 is 1.42 bits per heavy atom. The number of aliphatic carboxylic acids is 1. The number of carboxylic acids is 1. The highest BCUT2D eigenvalue weighted by atomic mass is 16.4. The lowest BCUT2D eigenvalue weighted by Crippen LogP contribution is -2.53. The van der Waals surface area contributed by atoms with Gasteiger partial charge in [-0.15, -0.1) is 0 Å². The van der Waals surface area contributed by atoms with Crippen molar-refractivity contribution in [1.29, 1.82) is 0 Å². The third kappa shape index (κ3) is 2.96. The van der Waals surface area contributed by atoms with Crippen LogP contribution in [0, 0.1) is 5.41 Å². The van der Waals surface area contributed by atoms with Gasteiger partial charge in [-0.3, -0.25) is 4.90 Å². The summed E-state index contributed by atoms with van der Waals surface area (Å²) >= 11 is 0. The van der Waals surface area contributed by atoms with Crippen LogP contribution in [0.25, 0.3) is 0 Å². The lowest BCUT2D eigenvalue weighted by Gasteiger charge is -2.31. The molecule has 104 valence electrons. The smallest absolute Gasteiger partial charge is 0.329 e. The molecule has 0 saturated carbocycles. The number of carboxylic acid groups (broad SMARTS) is 1. The molecule has 1 fully saturated rings. The Bertz CT molecular complexity index is 458. The molecule has 3 N–H and O–H groups in total. The van der Waals surface area contributed by atoms with Gasteiger partial charge < -0.3 is 10.8 Å². The predicted molar refractivity (Wildman–Crippen MR) is 74.8 cm³/mol. The van der Waals surface area contributed by atoms with E-state index in [1.54, 1.807) is 12.1 Å². The van der Waals surface area contributed by atoms with E-state index in [9.17, 15) is 9.90 Å². The summed E-state index contributed by atoms with van der Waals surface area (Å²) in [5.74, 6) is -0.969. The number of nitrogens with zero attached hydrogens (tertiary/aromatic N) is 1. The molecule has 0 radical (unpaired) electrons. The van der Waals surface area contributed by atoms with E-state index in [1.807, 2.05) is 18.2 Å². The van der Waals surface area contributed by atoms with Crippen LogP contribution in [0.3, 0.4) is 0 Å². The second-order valence-corrected chi connectivity index (χ2v) is 6.27. The van der Waals surface area contributed by atoms with Gasteiger partial charge in [0.05, 0.1) is 0 Å². The fraction of sp³-hybridized carbons (Fsp3) is 0.533. The van der Waals surface area contributed by atoms with Gasteiger partial charge in [0.2, 0.25) is 0 Å². The first kappa shape index (κ1) is 14.0. The van der Waals surface area contributed by atoms with Gasteiger partial charge in [-0.25, -0.2) is 4.79 Å². The largest absolute Gasteiger partial charge is 0.480 e. The fourth-order valence-electron chi connectivity index (χ4n) is 2.73. The second kappa shape index (κ2) is 4.94. The molecule has 1 aliphatic heterocycles. The zero-order valence-corrected chi connectivity index (χ0v) is 11.6. The van der Waals surface area contributed by atoms with Gasteiger partial charge >= 0.3 is 5.97 Å². The van der Waals surface area contributed by atoms with E-state index in [0.717, 1.165) is 19.5 Å². The van der Waals surface area contributed by atoms with Crippen molar-refractivity contribution in [3.8, 4) is 0 Å². The Balaban J connectivity index is 2.20. The van der Waals surface area contributed by atoms with Crippen LogP contribution in [-0.4, -0.2) is 35.6 Å². The highest BCUT2D eigenvalue weighted by Gasteiger charge is 2.40. The molecule has 19 heavy (non-hydrogen) atoms. The minimum atomic E-state index is -1.33. The Hall–Kier alpha value is -1.39. The first-order valence-corrected chi connectivity index (χ1v) is 6.64. The Morgan fingerprint density at radius 3 is 2.53 bits per heavy atom. The molecule has 1 unspecified atom stereocenters. The number of rotatable bonds is 4. The first-order chi connectivity index (χ1) is 8.83. The van der Waals surface area contributed by atoms with Crippen LogP contribution in [0.2, 0.25) is 0 Å². The minimum Gasteiger partial charge on any atom is -0.480 e. The van der Waals surface area contributed by atoms with E-state index in [4.69, 9.17) is 5.73 Å². The lowest BCUT2D eigenvalue weighted by atomic mass is 9.90. The van der Waals surface area contributed by atoms with Crippen molar-refractivity contribution < 1.29 is 9.90 Å². The number of nitrogens with two attached hydrogens (primary N) is 1. The summed E-state index contributed by atoms with van der Waals surface area (Å²) in [4.78, 5) is 13.8. The van der Waals surface area contributed by atoms with Crippen molar-refractivity contribution in [2.75, 3.05) is 19.6 Å². The molecule has 0 amide bonds. The normalized spacial score (nSPS) is 22.1. The molecule has 1 aromatic carbocycles. The van der Waals surface area contributed by atoms with E-state index >= 15 is 0 Å². The number of carbonyl (C=O) groups is 1. The molecule has 1 aliphatic rings. The number of likely N-dealkylation sites (tertiary alicyclic amines) is 1. The van der Waals surface area contributed by atoms with Crippen LogP contribution in [-0.2, 0) is 10.3 Å². The SMILES string of the molecule is CC1(C)CCN(CC(N)(C(=O)O)c2ccccc2)C1. The molecule has 2 rings (SSSR count). The van der Waals surface area contributed by atoms with E-state index in [2.05, 4.69) is 18.7 Å². The van der Waals surface area contributed by atoms with Crippen molar-refractivity contribution in [3.05, 3.63) is 35.9 Å². The van der Waals surface area contributed by atoms with Crippen molar-refractivity contribution in [3.63, 3.8) is 0 Å². The fourth-order valence-corrected chi connectivity index (χ4v) is 2.73. The van der Waals surface area contributed by atoms with E-state index in [-0.39, 0.29) is 5.41 Å². The van der Waals surface area contributed by atoms with Crippen LogP contribution in [0.4, 0.5) is 0 Å². The maximum Gasteiger partial charge on any atom is 0.329 e. The van der Waals surface area contributed by atoms with Gasteiger partial charge in [0, 0.05) is 13.1 Å². The van der Waals surface area contributed by atoms with E-state index in [0.29, 0.717) is 12.1 Å². The average molecular weight is 262 g/mol. The number of hydrogen-bond acceptors (Lipinski definition) is 3. The third-order valence-corrected chi connectivity index (χ3v) is 3.90. The monoisotopic (exact) mass is 262 g/mol. The van der Waals surface area contributed by atoms with Crippen LogP contribution in [0.1, 0.15) is 25.8 Å². The van der Waals surface area contributed by atoms with Crippen molar-refractivity contribution >= 4 is 5.97 Å². The second-order valence-electron chi connectivity index (χ2n) is 6.27. The Morgan fingerprint density at radius 2 is 2.05 bits per heavy atom. The van der Waals surface area contributed by atoms with Crippen LogP contribution in [0.5, 0.6) is 0 Å². The summed E-state index contributed by atoms with van der Waals surface area (Å²) in [5, 5.41) is 9.52. The van der Waals surface area contributed by atoms with Crippen LogP contribution < -0.4 is 5.73 Å². The Labute approximate surface area is 114 Å². The summed E-state index contributed by atoms with van der Waals surface area (Å²) in [6.45, 7) is 6.57. The van der Waals surface area contributed by atoms with Gasteiger partial charge in [0.15, 0.2) is 5.54 Å². The number of hydrogen-bond donors (Lipinski definition) is 2. The summed E-state index contributed by atoms with van der Waals surface area (Å²) in [7, 11) is 0. The van der Waals surface area contributed by atoms with Gasteiger partial charge in [0.25, 0.3) is 0 Å². The number of benzene rings is 1.